The van der Waals surface area contributed by atoms with E-state index in [1.165, 1.54) is 7.11 Å². The van der Waals surface area contributed by atoms with Crippen molar-refractivity contribution in [2.24, 2.45) is 0 Å². The molecule has 1 atom stereocenters. The highest BCUT2D eigenvalue weighted by atomic mass is 16.5. The Morgan fingerprint density at radius 3 is 2.42 bits per heavy atom. The molecule has 0 bridgehead atoms. The fraction of sp³-hybridized carbons (Fsp3) is 0.188. The SMILES string of the molecule is COc1ccccc1C(O)C(=O)Cc1ccccc1. The molecule has 0 spiro atoms. The van der Waals surface area contributed by atoms with Crippen molar-refractivity contribution in [2.75, 3.05) is 7.11 Å². The van der Waals surface area contributed by atoms with Gasteiger partial charge in [0.1, 0.15) is 11.9 Å². The van der Waals surface area contributed by atoms with Gasteiger partial charge in [0.25, 0.3) is 0 Å². The van der Waals surface area contributed by atoms with Gasteiger partial charge in [0, 0.05) is 12.0 Å². The molecular formula is C16H16O3. The lowest BCUT2D eigenvalue weighted by atomic mass is 9.99. The number of methoxy groups -OCH3 is 1. The molecule has 98 valence electrons. The van der Waals surface area contributed by atoms with Gasteiger partial charge in [-0.3, -0.25) is 4.79 Å². The molecule has 0 fully saturated rings. The smallest absolute Gasteiger partial charge is 0.170 e. The summed E-state index contributed by atoms with van der Waals surface area (Å²) in [5, 5.41) is 10.1. The summed E-state index contributed by atoms with van der Waals surface area (Å²) in [6.07, 6.45) is -0.948. The van der Waals surface area contributed by atoms with Crippen molar-refractivity contribution >= 4 is 5.78 Å². The lowest BCUT2D eigenvalue weighted by molar-refractivity contribution is -0.126. The highest BCUT2D eigenvalue weighted by Gasteiger charge is 2.20. The standard InChI is InChI=1S/C16H16O3/c1-19-15-10-6-5-9-13(15)16(18)14(17)11-12-7-3-2-4-8-12/h2-10,16,18H,11H2,1H3. The van der Waals surface area contributed by atoms with Crippen molar-refractivity contribution in [2.45, 2.75) is 12.5 Å². The molecule has 0 saturated heterocycles. The molecule has 0 aliphatic heterocycles. The zero-order valence-corrected chi connectivity index (χ0v) is 10.7. The first-order chi connectivity index (χ1) is 9.22. The number of Topliss-reactive ketones (excluding diaryl/α,β-unsaturated/α-hetero) is 1. The van der Waals surface area contributed by atoms with Gasteiger partial charge in [-0.05, 0) is 11.6 Å². The highest BCUT2D eigenvalue weighted by Crippen LogP contribution is 2.26. The lowest BCUT2D eigenvalue weighted by Crippen LogP contribution is -2.15. The van der Waals surface area contributed by atoms with Crippen molar-refractivity contribution in [1.29, 1.82) is 0 Å². The summed E-state index contributed by atoms with van der Waals surface area (Å²) in [6, 6.07) is 16.4. The number of ketones is 1. The summed E-state index contributed by atoms with van der Waals surface area (Å²) >= 11 is 0. The number of benzene rings is 2. The molecule has 3 heteroatoms. The Balaban J connectivity index is 2.15. The van der Waals surface area contributed by atoms with Gasteiger partial charge < -0.3 is 9.84 Å². The van der Waals surface area contributed by atoms with Crippen LogP contribution in [0.1, 0.15) is 17.2 Å². The number of para-hydroxylation sites is 1. The van der Waals surface area contributed by atoms with Gasteiger partial charge >= 0.3 is 0 Å². The second kappa shape index (κ2) is 6.16. The zero-order valence-electron chi connectivity index (χ0n) is 10.7. The number of aliphatic hydroxyl groups is 1. The average molecular weight is 256 g/mol. The maximum Gasteiger partial charge on any atom is 0.170 e. The van der Waals surface area contributed by atoms with Gasteiger partial charge in [0.2, 0.25) is 0 Å². The summed E-state index contributed by atoms with van der Waals surface area (Å²) in [4.78, 5) is 12.1. The molecule has 0 amide bonds. The van der Waals surface area contributed by atoms with E-state index < -0.39 is 6.10 Å². The van der Waals surface area contributed by atoms with E-state index in [4.69, 9.17) is 4.74 Å². The van der Waals surface area contributed by atoms with Gasteiger partial charge in [-0.25, -0.2) is 0 Å². The first-order valence-electron chi connectivity index (χ1n) is 6.10. The third-order valence-electron chi connectivity index (χ3n) is 2.96. The Morgan fingerprint density at radius 2 is 1.74 bits per heavy atom. The molecule has 2 rings (SSSR count). The summed E-state index contributed by atoms with van der Waals surface area (Å²) in [5.41, 5.74) is 1.40. The molecule has 0 aliphatic carbocycles. The van der Waals surface area contributed by atoms with E-state index in [-0.39, 0.29) is 12.2 Å². The third kappa shape index (κ3) is 3.20. The fourth-order valence-corrected chi connectivity index (χ4v) is 1.96. The minimum Gasteiger partial charge on any atom is -0.496 e. The first kappa shape index (κ1) is 13.3. The Morgan fingerprint density at radius 1 is 1.11 bits per heavy atom. The molecule has 2 aromatic rings. The van der Waals surface area contributed by atoms with Crippen molar-refractivity contribution in [3.05, 3.63) is 65.7 Å². The van der Waals surface area contributed by atoms with Gasteiger partial charge in [-0.1, -0.05) is 48.5 Å². The van der Waals surface area contributed by atoms with Gasteiger partial charge in [-0.15, -0.1) is 0 Å². The summed E-state index contributed by atoms with van der Waals surface area (Å²) in [6.45, 7) is 0. The van der Waals surface area contributed by atoms with Crippen LogP contribution in [0.4, 0.5) is 0 Å². The molecule has 3 nitrogen and oxygen atoms in total. The van der Waals surface area contributed by atoms with E-state index in [1.807, 2.05) is 30.3 Å². The molecular weight excluding hydrogens is 240 g/mol. The summed E-state index contributed by atoms with van der Waals surface area (Å²) in [5.74, 6) is 0.284. The largest absolute Gasteiger partial charge is 0.496 e. The molecule has 0 aromatic heterocycles. The maximum absolute atomic E-state index is 12.1. The predicted octanol–water partition coefficient (Wildman–Crippen LogP) is 2.54. The quantitative estimate of drug-likeness (QED) is 0.894. The van der Waals surface area contributed by atoms with Crippen LogP contribution in [0.2, 0.25) is 0 Å². The third-order valence-corrected chi connectivity index (χ3v) is 2.96. The van der Waals surface area contributed by atoms with Crippen LogP contribution in [0.5, 0.6) is 5.75 Å². The number of carbonyl (C=O) groups excluding carboxylic acids is 1. The van der Waals surface area contributed by atoms with Gasteiger partial charge in [0.05, 0.1) is 7.11 Å². The number of aliphatic hydroxyl groups excluding tert-OH is 1. The highest BCUT2D eigenvalue weighted by molar-refractivity contribution is 5.86. The second-order valence-electron chi connectivity index (χ2n) is 4.27. The van der Waals surface area contributed by atoms with Crippen molar-refractivity contribution < 1.29 is 14.6 Å². The molecule has 2 aromatic carbocycles. The molecule has 0 aliphatic rings. The zero-order chi connectivity index (χ0) is 13.7. The van der Waals surface area contributed by atoms with Crippen LogP contribution in [-0.2, 0) is 11.2 Å². The number of rotatable bonds is 5. The van der Waals surface area contributed by atoms with Crippen LogP contribution in [-0.4, -0.2) is 18.0 Å². The Hall–Kier alpha value is -2.13. The second-order valence-corrected chi connectivity index (χ2v) is 4.27. The normalized spacial score (nSPS) is 11.9. The Labute approximate surface area is 112 Å². The van der Waals surface area contributed by atoms with E-state index in [0.717, 1.165) is 5.56 Å². The molecule has 1 unspecified atom stereocenters. The molecule has 1 N–H and O–H groups in total. The maximum atomic E-state index is 12.1. The van der Waals surface area contributed by atoms with Crippen LogP contribution in [0.3, 0.4) is 0 Å². The first-order valence-corrected chi connectivity index (χ1v) is 6.10. The monoisotopic (exact) mass is 256 g/mol. The molecule has 0 radical (unpaired) electrons. The van der Waals surface area contributed by atoms with Crippen LogP contribution < -0.4 is 4.74 Å². The number of ether oxygens (including phenoxy) is 1. The molecule has 0 heterocycles. The van der Waals surface area contributed by atoms with Crippen LogP contribution in [0.15, 0.2) is 54.6 Å². The van der Waals surface area contributed by atoms with E-state index in [9.17, 15) is 9.90 Å². The predicted molar refractivity (Wildman–Crippen MR) is 73.1 cm³/mol. The minimum absolute atomic E-state index is 0.208. The van der Waals surface area contributed by atoms with Crippen LogP contribution in [0, 0.1) is 0 Å². The average Bonchev–Trinajstić information content (AvgIpc) is 2.47. The van der Waals surface area contributed by atoms with Crippen molar-refractivity contribution in [3.8, 4) is 5.75 Å². The van der Waals surface area contributed by atoms with Crippen molar-refractivity contribution in [3.63, 3.8) is 0 Å². The Kier molecular flexibility index (Phi) is 4.31. The lowest BCUT2D eigenvalue weighted by Gasteiger charge is -2.13. The van der Waals surface area contributed by atoms with E-state index in [0.29, 0.717) is 11.3 Å². The van der Waals surface area contributed by atoms with Crippen molar-refractivity contribution in [1.82, 2.24) is 0 Å². The topological polar surface area (TPSA) is 46.5 Å². The number of carbonyl (C=O) groups is 1. The Bertz CT molecular complexity index is 549. The van der Waals surface area contributed by atoms with Gasteiger partial charge in [-0.2, -0.15) is 0 Å². The van der Waals surface area contributed by atoms with E-state index >= 15 is 0 Å². The molecule has 0 saturated carbocycles. The summed E-state index contributed by atoms with van der Waals surface area (Å²) in [7, 11) is 1.52. The number of hydrogen-bond acceptors (Lipinski definition) is 3. The van der Waals surface area contributed by atoms with Gasteiger partial charge in [0.15, 0.2) is 5.78 Å². The van der Waals surface area contributed by atoms with Crippen LogP contribution >= 0.6 is 0 Å². The summed E-state index contributed by atoms with van der Waals surface area (Å²) < 4.78 is 5.15. The fourth-order valence-electron chi connectivity index (χ4n) is 1.96. The minimum atomic E-state index is -1.16. The number of hydrogen-bond donors (Lipinski definition) is 1. The van der Waals surface area contributed by atoms with Crippen LogP contribution in [0.25, 0.3) is 0 Å². The molecule has 19 heavy (non-hydrogen) atoms. The van der Waals surface area contributed by atoms with E-state index in [2.05, 4.69) is 0 Å². The van der Waals surface area contributed by atoms with E-state index in [1.54, 1.807) is 24.3 Å².